The summed E-state index contributed by atoms with van der Waals surface area (Å²) in [5, 5.41) is 4.87. The number of nitrogens with two attached hydrogens (primary N) is 1. The summed E-state index contributed by atoms with van der Waals surface area (Å²) in [7, 11) is 0. The molecule has 0 saturated heterocycles. The van der Waals surface area contributed by atoms with Gasteiger partial charge in [-0.2, -0.15) is 0 Å². The molecule has 1 aromatic rings. The standard InChI is InChI=1S/C13H16N2OS/c1-9(10-4-5-10)15-13(16)11-7-12(17-8-11)3-2-6-14/h7-10H,4-6,14H2,1H3,(H,15,16). The highest BCUT2D eigenvalue weighted by atomic mass is 32.1. The van der Waals surface area contributed by atoms with E-state index in [1.807, 2.05) is 11.4 Å². The molecule has 1 saturated carbocycles. The molecule has 1 aliphatic carbocycles. The minimum Gasteiger partial charge on any atom is -0.349 e. The number of hydrogen-bond acceptors (Lipinski definition) is 3. The average Bonchev–Trinajstić information content (AvgIpc) is 3.06. The number of hydrogen-bond donors (Lipinski definition) is 2. The summed E-state index contributed by atoms with van der Waals surface area (Å²) < 4.78 is 0. The van der Waals surface area contributed by atoms with Crippen molar-refractivity contribution >= 4 is 17.2 Å². The van der Waals surface area contributed by atoms with Crippen LogP contribution in [0.5, 0.6) is 0 Å². The molecule has 1 aliphatic rings. The molecule has 90 valence electrons. The van der Waals surface area contributed by atoms with Crippen molar-refractivity contribution in [2.75, 3.05) is 6.54 Å². The van der Waals surface area contributed by atoms with E-state index in [1.165, 1.54) is 24.2 Å². The Morgan fingerprint density at radius 2 is 2.47 bits per heavy atom. The first-order valence-electron chi connectivity index (χ1n) is 5.79. The van der Waals surface area contributed by atoms with Crippen molar-refractivity contribution in [2.45, 2.75) is 25.8 Å². The van der Waals surface area contributed by atoms with Gasteiger partial charge in [0.1, 0.15) is 0 Å². The molecule has 2 rings (SSSR count). The Kier molecular flexibility index (Phi) is 3.82. The van der Waals surface area contributed by atoms with Crippen LogP contribution in [-0.2, 0) is 0 Å². The molecule has 0 aromatic carbocycles. The van der Waals surface area contributed by atoms with E-state index in [-0.39, 0.29) is 11.9 Å². The Morgan fingerprint density at radius 3 is 3.12 bits per heavy atom. The molecule has 1 amide bonds. The van der Waals surface area contributed by atoms with Crippen LogP contribution in [-0.4, -0.2) is 18.5 Å². The monoisotopic (exact) mass is 248 g/mol. The quantitative estimate of drug-likeness (QED) is 0.798. The molecule has 0 aliphatic heterocycles. The molecule has 3 nitrogen and oxygen atoms in total. The molecule has 1 aromatic heterocycles. The Balaban J connectivity index is 1.96. The fourth-order valence-electron chi connectivity index (χ4n) is 1.66. The van der Waals surface area contributed by atoms with Gasteiger partial charge < -0.3 is 11.1 Å². The van der Waals surface area contributed by atoms with E-state index in [1.54, 1.807) is 0 Å². The first-order valence-corrected chi connectivity index (χ1v) is 6.67. The van der Waals surface area contributed by atoms with Crippen molar-refractivity contribution in [2.24, 2.45) is 11.7 Å². The fraction of sp³-hybridized carbons (Fsp3) is 0.462. The smallest absolute Gasteiger partial charge is 0.252 e. The van der Waals surface area contributed by atoms with E-state index in [9.17, 15) is 4.79 Å². The third-order valence-corrected chi connectivity index (χ3v) is 3.71. The van der Waals surface area contributed by atoms with Gasteiger partial charge in [-0.05, 0) is 31.7 Å². The lowest BCUT2D eigenvalue weighted by atomic mass is 10.2. The van der Waals surface area contributed by atoms with E-state index in [4.69, 9.17) is 5.73 Å². The van der Waals surface area contributed by atoms with Crippen molar-refractivity contribution in [3.8, 4) is 11.8 Å². The zero-order chi connectivity index (χ0) is 12.3. The summed E-state index contributed by atoms with van der Waals surface area (Å²) in [5.41, 5.74) is 6.00. The molecule has 1 atom stereocenters. The maximum atomic E-state index is 11.9. The lowest BCUT2D eigenvalue weighted by molar-refractivity contribution is 0.0936. The second kappa shape index (κ2) is 5.35. The Labute approximate surface area is 105 Å². The Morgan fingerprint density at radius 1 is 1.71 bits per heavy atom. The largest absolute Gasteiger partial charge is 0.349 e. The second-order valence-corrected chi connectivity index (χ2v) is 5.22. The van der Waals surface area contributed by atoms with Crippen LogP contribution >= 0.6 is 11.3 Å². The molecule has 1 unspecified atom stereocenters. The van der Waals surface area contributed by atoms with E-state index in [0.29, 0.717) is 18.0 Å². The number of thiophene rings is 1. The van der Waals surface area contributed by atoms with Crippen LogP contribution in [0.15, 0.2) is 11.4 Å². The molecular weight excluding hydrogens is 232 g/mol. The fourth-order valence-corrected chi connectivity index (χ4v) is 2.42. The molecular formula is C13H16N2OS. The predicted molar refractivity (Wildman–Crippen MR) is 69.9 cm³/mol. The molecule has 1 heterocycles. The SMILES string of the molecule is CC(NC(=O)c1csc(C#CCN)c1)C1CC1. The minimum atomic E-state index is 0.00134. The number of amides is 1. The highest BCUT2D eigenvalue weighted by Gasteiger charge is 2.29. The van der Waals surface area contributed by atoms with Crippen molar-refractivity contribution in [1.82, 2.24) is 5.32 Å². The van der Waals surface area contributed by atoms with Crippen LogP contribution in [0, 0.1) is 17.8 Å². The Hall–Kier alpha value is -1.31. The van der Waals surface area contributed by atoms with Crippen molar-refractivity contribution < 1.29 is 4.79 Å². The van der Waals surface area contributed by atoms with Gasteiger partial charge in [-0.3, -0.25) is 4.79 Å². The van der Waals surface area contributed by atoms with Crippen LogP contribution in [0.2, 0.25) is 0 Å². The number of carbonyl (C=O) groups is 1. The van der Waals surface area contributed by atoms with E-state index in [0.717, 1.165) is 4.88 Å². The molecule has 1 fully saturated rings. The first kappa shape index (κ1) is 12.2. The van der Waals surface area contributed by atoms with Crippen LogP contribution in [0.25, 0.3) is 0 Å². The number of rotatable bonds is 3. The lowest BCUT2D eigenvalue weighted by Crippen LogP contribution is -2.33. The van der Waals surface area contributed by atoms with E-state index < -0.39 is 0 Å². The van der Waals surface area contributed by atoms with Gasteiger partial charge >= 0.3 is 0 Å². The number of carbonyl (C=O) groups excluding carboxylic acids is 1. The van der Waals surface area contributed by atoms with E-state index in [2.05, 4.69) is 24.1 Å². The van der Waals surface area contributed by atoms with Crippen LogP contribution in [0.1, 0.15) is 35.0 Å². The van der Waals surface area contributed by atoms with Crippen molar-refractivity contribution in [3.05, 3.63) is 21.9 Å². The molecule has 4 heteroatoms. The third kappa shape index (κ3) is 3.32. The summed E-state index contributed by atoms with van der Waals surface area (Å²) in [5.74, 6) is 6.39. The maximum Gasteiger partial charge on any atom is 0.252 e. The third-order valence-electron chi connectivity index (χ3n) is 2.86. The lowest BCUT2D eigenvalue weighted by Gasteiger charge is -2.11. The molecule has 0 spiro atoms. The summed E-state index contributed by atoms with van der Waals surface area (Å²) >= 11 is 1.48. The molecule has 0 bridgehead atoms. The minimum absolute atomic E-state index is 0.00134. The van der Waals surface area contributed by atoms with Gasteiger partial charge in [-0.25, -0.2) is 0 Å². The van der Waals surface area contributed by atoms with Gasteiger partial charge in [0.2, 0.25) is 0 Å². The zero-order valence-corrected chi connectivity index (χ0v) is 10.6. The maximum absolute atomic E-state index is 11.9. The van der Waals surface area contributed by atoms with Crippen LogP contribution in [0.4, 0.5) is 0 Å². The van der Waals surface area contributed by atoms with Gasteiger partial charge in [0.25, 0.3) is 5.91 Å². The van der Waals surface area contributed by atoms with E-state index >= 15 is 0 Å². The number of nitrogens with one attached hydrogen (secondary N) is 1. The van der Waals surface area contributed by atoms with Crippen LogP contribution < -0.4 is 11.1 Å². The predicted octanol–water partition coefficient (Wildman–Crippen LogP) is 1.59. The Bertz CT molecular complexity index is 465. The summed E-state index contributed by atoms with van der Waals surface area (Å²) in [6.45, 7) is 2.41. The highest BCUT2D eigenvalue weighted by Crippen LogP contribution is 2.32. The van der Waals surface area contributed by atoms with Crippen molar-refractivity contribution in [1.29, 1.82) is 0 Å². The average molecular weight is 248 g/mol. The molecule has 17 heavy (non-hydrogen) atoms. The van der Waals surface area contributed by atoms with Gasteiger partial charge in [0, 0.05) is 11.4 Å². The van der Waals surface area contributed by atoms with Gasteiger partial charge in [-0.1, -0.05) is 11.8 Å². The summed E-state index contributed by atoms with van der Waals surface area (Å²) in [4.78, 5) is 12.8. The van der Waals surface area contributed by atoms with Gasteiger partial charge in [0.05, 0.1) is 17.0 Å². The summed E-state index contributed by atoms with van der Waals surface area (Å²) in [6, 6.07) is 2.10. The van der Waals surface area contributed by atoms with Gasteiger partial charge in [0.15, 0.2) is 0 Å². The summed E-state index contributed by atoms with van der Waals surface area (Å²) in [6.07, 6.45) is 2.47. The first-order chi connectivity index (χ1) is 8.20. The normalized spacial score (nSPS) is 15.9. The van der Waals surface area contributed by atoms with Gasteiger partial charge in [-0.15, -0.1) is 11.3 Å². The van der Waals surface area contributed by atoms with Crippen molar-refractivity contribution in [3.63, 3.8) is 0 Å². The molecule has 0 radical (unpaired) electrons. The van der Waals surface area contributed by atoms with Crippen LogP contribution in [0.3, 0.4) is 0 Å². The zero-order valence-electron chi connectivity index (χ0n) is 9.82. The molecule has 3 N–H and O–H groups in total. The topological polar surface area (TPSA) is 55.1 Å². The highest BCUT2D eigenvalue weighted by molar-refractivity contribution is 7.10. The second-order valence-electron chi connectivity index (χ2n) is 4.31.